The van der Waals surface area contributed by atoms with Crippen LogP contribution in [0.5, 0.6) is 0 Å². The largest absolute Gasteiger partial charge is 0.285 e. The van der Waals surface area contributed by atoms with Crippen molar-refractivity contribution in [2.75, 3.05) is 0 Å². The van der Waals surface area contributed by atoms with E-state index in [0.717, 1.165) is 17.5 Å². The highest BCUT2D eigenvalue weighted by Gasteiger charge is 2.31. The van der Waals surface area contributed by atoms with Crippen molar-refractivity contribution in [3.8, 4) is 0 Å². The number of hydrogen-bond donors (Lipinski definition) is 1. The van der Waals surface area contributed by atoms with Gasteiger partial charge in [0.1, 0.15) is 5.25 Å². The molecule has 0 aliphatic heterocycles. The first-order valence-corrected chi connectivity index (χ1v) is 5.63. The van der Waals surface area contributed by atoms with Gasteiger partial charge in [0, 0.05) is 0 Å². The van der Waals surface area contributed by atoms with E-state index in [2.05, 4.69) is 0 Å². The third-order valence-electron chi connectivity index (χ3n) is 2.44. The highest BCUT2D eigenvalue weighted by molar-refractivity contribution is 7.86. The Hall–Kier alpha value is -0.870. The van der Waals surface area contributed by atoms with E-state index >= 15 is 0 Å². The van der Waals surface area contributed by atoms with Crippen molar-refractivity contribution >= 4 is 10.1 Å². The molecule has 0 saturated carbocycles. The highest BCUT2D eigenvalue weighted by atomic mass is 32.2. The predicted octanol–water partition coefficient (Wildman–Crippen LogP) is 1.56. The molecule has 2 rings (SSSR count). The van der Waals surface area contributed by atoms with Crippen LogP contribution in [0.2, 0.25) is 0 Å². The van der Waals surface area contributed by atoms with Crippen molar-refractivity contribution in [1.82, 2.24) is 0 Å². The molecule has 0 amide bonds. The second kappa shape index (κ2) is 2.82. The molecule has 4 heteroatoms. The molecule has 1 aliphatic rings. The molecule has 70 valence electrons. The molecule has 13 heavy (non-hydrogen) atoms. The summed E-state index contributed by atoms with van der Waals surface area (Å²) in [5.74, 6) is 0. The Morgan fingerprint density at radius 3 is 2.69 bits per heavy atom. The van der Waals surface area contributed by atoms with E-state index in [0.29, 0.717) is 6.42 Å². The van der Waals surface area contributed by atoms with Gasteiger partial charge in [0.2, 0.25) is 0 Å². The third kappa shape index (κ3) is 1.47. The molecule has 0 aromatic heterocycles. The summed E-state index contributed by atoms with van der Waals surface area (Å²) < 4.78 is 30.8. The number of rotatable bonds is 1. The first kappa shape index (κ1) is 8.72. The van der Waals surface area contributed by atoms with Crippen LogP contribution in [0.3, 0.4) is 0 Å². The van der Waals surface area contributed by atoms with E-state index in [9.17, 15) is 8.42 Å². The van der Waals surface area contributed by atoms with Crippen LogP contribution in [0.1, 0.15) is 22.8 Å². The van der Waals surface area contributed by atoms with Crippen LogP contribution in [0.25, 0.3) is 0 Å². The molecule has 0 bridgehead atoms. The fourth-order valence-corrected chi connectivity index (χ4v) is 2.79. The third-order valence-corrected chi connectivity index (χ3v) is 3.65. The van der Waals surface area contributed by atoms with Crippen molar-refractivity contribution in [3.63, 3.8) is 0 Å². The monoisotopic (exact) mass is 198 g/mol. The lowest BCUT2D eigenvalue weighted by molar-refractivity contribution is 0.468. The zero-order valence-corrected chi connectivity index (χ0v) is 7.79. The molecule has 0 heterocycles. The number of hydrogen-bond acceptors (Lipinski definition) is 2. The molecular weight excluding hydrogens is 188 g/mol. The van der Waals surface area contributed by atoms with E-state index < -0.39 is 15.4 Å². The minimum Gasteiger partial charge on any atom is -0.285 e. The average molecular weight is 198 g/mol. The molecule has 0 spiro atoms. The summed E-state index contributed by atoms with van der Waals surface area (Å²) in [6.07, 6.45) is 1.23. The van der Waals surface area contributed by atoms with Crippen LogP contribution < -0.4 is 0 Å². The van der Waals surface area contributed by atoms with Gasteiger partial charge in [-0.2, -0.15) is 8.42 Å². The van der Waals surface area contributed by atoms with Gasteiger partial charge in [-0.1, -0.05) is 24.3 Å². The number of benzene rings is 1. The minimum absolute atomic E-state index is 0.498. The normalized spacial score (nSPS) is 21.5. The molecule has 1 aliphatic carbocycles. The lowest BCUT2D eigenvalue weighted by Crippen LogP contribution is -2.08. The topological polar surface area (TPSA) is 54.4 Å². The minimum atomic E-state index is -3.92. The van der Waals surface area contributed by atoms with Gasteiger partial charge in [0.15, 0.2) is 0 Å². The van der Waals surface area contributed by atoms with E-state index in [1.165, 1.54) is 0 Å². The fourth-order valence-electron chi connectivity index (χ4n) is 1.83. The van der Waals surface area contributed by atoms with E-state index in [1.54, 1.807) is 12.1 Å². The van der Waals surface area contributed by atoms with E-state index in [4.69, 9.17) is 4.55 Å². The molecule has 1 N–H and O–H groups in total. The average Bonchev–Trinajstić information content (AvgIpc) is 2.45. The highest BCUT2D eigenvalue weighted by Crippen LogP contribution is 2.35. The number of fused-ring (bicyclic) bond motifs is 1. The van der Waals surface area contributed by atoms with Gasteiger partial charge < -0.3 is 0 Å². The second-order valence-corrected chi connectivity index (χ2v) is 4.84. The van der Waals surface area contributed by atoms with Gasteiger partial charge in [-0.3, -0.25) is 4.55 Å². The van der Waals surface area contributed by atoms with Gasteiger partial charge in [-0.15, -0.1) is 0 Å². The van der Waals surface area contributed by atoms with Crippen molar-refractivity contribution in [2.24, 2.45) is 0 Å². The first-order chi connectivity index (χ1) is 6.09. The van der Waals surface area contributed by atoms with Gasteiger partial charge in [-0.05, 0) is 24.0 Å². The molecule has 1 aromatic carbocycles. The smallest absolute Gasteiger partial charge is 0.272 e. The van der Waals surface area contributed by atoms with Crippen molar-refractivity contribution in [1.29, 1.82) is 0 Å². The Kier molecular flexibility index (Phi) is 1.89. The van der Waals surface area contributed by atoms with Gasteiger partial charge >= 0.3 is 0 Å². The van der Waals surface area contributed by atoms with Crippen molar-refractivity contribution < 1.29 is 13.0 Å². The van der Waals surface area contributed by atoms with Crippen molar-refractivity contribution in [2.45, 2.75) is 18.1 Å². The summed E-state index contributed by atoms with van der Waals surface area (Å²) in [7, 11) is -3.92. The molecule has 1 aromatic rings. The molecule has 1 unspecified atom stereocenters. The Labute approximate surface area is 77.1 Å². The fraction of sp³-hybridized carbons (Fsp3) is 0.333. The Morgan fingerprint density at radius 2 is 2.00 bits per heavy atom. The maximum Gasteiger partial charge on any atom is 0.272 e. The molecule has 0 radical (unpaired) electrons. The quantitative estimate of drug-likeness (QED) is 0.697. The molecule has 0 fully saturated rings. The maximum absolute atomic E-state index is 11.0. The SMILES string of the molecule is O=S(=O)(O)C1CCc2ccccc21. The number of aryl methyl sites for hydroxylation is 1. The summed E-state index contributed by atoms with van der Waals surface area (Å²) >= 11 is 0. The summed E-state index contributed by atoms with van der Waals surface area (Å²) in [6.45, 7) is 0. The summed E-state index contributed by atoms with van der Waals surface area (Å²) in [4.78, 5) is 0. The predicted molar refractivity (Wildman–Crippen MR) is 49.1 cm³/mol. The van der Waals surface area contributed by atoms with E-state index in [-0.39, 0.29) is 0 Å². The molecule has 0 saturated heterocycles. The maximum atomic E-state index is 11.0. The van der Waals surface area contributed by atoms with Crippen LogP contribution in [0, 0.1) is 0 Å². The van der Waals surface area contributed by atoms with Gasteiger partial charge in [0.05, 0.1) is 0 Å². The van der Waals surface area contributed by atoms with E-state index in [1.807, 2.05) is 12.1 Å². The van der Waals surface area contributed by atoms with Crippen molar-refractivity contribution in [3.05, 3.63) is 35.4 Å². The lowest BCUT2D eigenvalue weighted by atomic mass is 10.1. The molecule has 1 atom stereocenters. The summed E-state index contributed by atoms with van der Waals surface area (Å²) in [5.41, 5.74) is 1.79. The zero-order chi connectivity index (χ0) is 9.47. The Morgan fingerprint density at radius 1 is 1.31 bits per heavy atom. The zero-order valence-electron chi connectivity index (χ0n) is 6.97. The Balaban J connectivity index is 2.51. The van der Waals surface area contributed by atoms with Crippen LogP contribution in [-0.4, -0.2) is 13.0 Å². The molecular formula is C9H10O3S. The van der Waals surface area contributed by atoms with Gasteiger partial charge in [0.25, 0.3) is 10.1 Å². The second-order valence-electron chi connectivity index (χ2n) is 3.24. The standard InChI is InChI=1S/C9H10O3S/c10-13(11,12)9-6-5-7-3-1-2-4-8(7)9/h1-4,9H,5-6H2,(H,10,11,12). The van der Waals surface area contributed by atoms with Crippen LogP contribution in [-0.2, 0) is 16.5 Å². The lowest BCUT2D eigenvalue weighted by Gasteiger charge is -2.06. The summed E-state index contributed by atoms with van der Waals surface area (Å²) in [6, 6.07) is 7.34. The molecule has 3 nitrogen and oxygen atoms in total. The first-order valence-electron chi connectivity index (χ1n) is 4.13. The Bertz CT molecular complexity index is 422. The van der Waals surface area contributed by atoms with Gasteiger partial charge in [-0.25, -0.2) is 0 Å². The van der Waals surface area contributed by atoms with Crippen LogP contribution >= 0.6 is 0 Å². The van der Waals surface area contributed by atoms with Crippen LogP contribution in [0.15, 0.2) is 24.3 Å². The van der Waals surface area contributed by atoms with Crippen LogP contribution in [0.4, 0.5) is 0 Å². The summed E-state index contributed by atoms with van der Waals surface area (Å²) in [5, 5.41) is -0.705.